The molecule has 2 fully saturated rings. The predicted octanol–water partition coefficient (Wildman–Crippen LogP) is 6.50. The fraction of sp³-hybridized carbons (Fsp3) is 0.708. The number of allylic oxidation sites excluding steroid dienone is 1. The molecule has 5 heteroatoms. The first kappa shape index (κ1) is 24.1. The van der Waals surface area contributed by atoms with Crippen LogP contribution in [-0.4, -0.2) is 30.5 Å². The summed E-state index contributed by atoms with van der Waals surface area (Å²) in [6.45, 7) is 4.29. The quantitative estimate of drug-likeness (QED) is 0.383. The van der Waals surface area contributed by atoms with Gasteiger partial charge in [0.2, 0.25) is 0 Å². The van der Waals surface area contributed by atoms with Crippen molar-refractivity contribution >= 4 is 17.3 Å². The van der Waals surface area contributed by atoms with E-state index in [1.807, 2.05) is 24.3 Å². The van der Waals surface area contributed by atoms with Crippen LogP contribution < -0.4 is 0 Å². The van der Waals surface area contributed by atoms with Crippen molar-refractivity contribution in [3.8, 4) is 0 Å². The van der Waals surface area contributed by atoms with Crippen LogP contribution in [0, 0.1) is 11.3 Å². The van der Waals surface area contributed by atoms with Gasteiger partial charge in [-0.1, -0.05) is 38.8 Å². The summed E-state index contributed by atoms with van der Waals surface area (Å²) in [7, 11) is 1.40. The number of halogens is 1. The Balaban J connectivity index is 0.000000221. The largest absolute Gasteiger partial charge is 0.465 e. The van der Waals surface area contributed by atoms with E-state index in [0.29, 0.717) is 11.3 Å². The van der Waals surface area contributed by atoms with Gasteiger partial charge in [0.15, 0.2) is 0 Å². The van der Waals surface area contributed by atoms with Gasteiger partial charge in [-0.15, -0.1) is 11.3 Å². The zero-order chi connectivity index (χ0) is 21.3. The molecule has 0 aromatic carbocycles. The molecule has 1 heterocycles. The molecule has 2 aliphatic rings. The summed E-state index contributed by atoms with van der Waals surface area (Å²) >= 11 is 1.52. The van der Waals surface area contributed by atoms with Crippen LogP contribution in [0.4, 0.5) is 4.39 Å². The lowest BCUT2D eigenvalue weighted by Gasteiger charge is -2.45. The van der Waals surface area contributed by atoms with Gasteiger partial charge in [-0.2, -0.15) is 0 Å². The number of esters is 1. The van der Waals surface area contributed by atoms with Crippen molar-refractivity contribution in [3.05, 3.63) is 34.0 Å². The molecule has 0 saturated heterocycles. The molecule has 2 saturated carbocycles. The van der Waals surface area contributed by atoms with E-state index >= 15 is 0 Å². The summed E-state index contributed by atoms with van der Waals surface area (Å²) in [5.41, 5.74) is 0.176. The first-order chi connectivity index (χ1) is 14.0. The Bertz CT molecular complexity index is 645. The molecule has 1 N–H and O–H groups in total. The number of carbonyl (C=O) groups excluding carboxylic acids is 1. The molecular weight excluding hydrogens is 387 g/mol. The van der Waals surface area contributed by atoms with Gasteiger partial charge < -0.3 is 9.84 Å². The average Bonchev–Trinajstić information content (AvgIpc) is 3.31. The average molecular weight is 425 g/mol. The summed E-state index contributed by atoms with van der Waals surface area (Å²) in [6, 6.07) is 3.81. The van der Waals surface area contributed by atoms with E-state index in [1.165, 1.54) is 29.7 Å². The third-order valence-electron chi connectivity index (χ3n) is 6.53. The highest BCUT2D eigenvalue weighted by molar-refractivity contribution is 7.13. The molecule has 3 atom stereocenters. The highest BCUT2D eigenvalue weighted by atomic mass is 32.1. The van der Waals surface area contributed by atoms with E-state index in [1.54, 1.807) is 0 Å². The van der Waals surface area contributed by atoms with E-state index in [0.717, 1.165) is 51.4 Å². The number of alkyl halides is 1. The van der Waals surface area contributed by atoms with E-state index in [2.05, 4.69) is 18.6 Å². The van der Waals surface area contributed by atoms with Crippen molar-refractivity contribution in [1.29, 1.82) is 0 Å². The van der Waals surface area contributed by atoms with Crippen molar-refractivity contribution in [2.45, 2.75) is 90.3 Å². The van der Waals surface area contributed by atoms with Crippen LogP contribution in [0.15, 0.2) is 24.3 Å². The first-order valence-electron chi connectivity index (χ1n) is 11.1. The third kappa shape index (κ3) is 6.65. The van der Waals surface area contributed by atoms with Crippen LogP contribution in [0.5, 0.6) is 0 Å². The molecule has 3 nitrogen and oxygen atoms in total. The molecule has 0 bridgehead atoms. The maximum atomic E-state index is 13.4. The summed E-state index contributed by atoms with van der Waals surface area (Å²) in [5.74, 6) is -0.122. The Morgan fingerprint density at radius 2 is 2.10 bits per heavy atom. The van der Waals surface area contributed by atoms with Gasteiger partial charge in [-0.05, 0) is 68.9 Å². The SMILES string of the molecule is CCC1(C(O)C/C=C/C2CCCC2F)CCC1.CCCc1ccc(C(=O)OC)s1. The minimum atomic E-state index is -0.646. The molecule has 2 aliphatic carbocycles. The van der Waals surface area contributed by atoms with Crippen LogP contribution in [0.1, 0.15) is 86.2 Å². The number of methoxy groups -OCH3 is 1. The monoisotopic (exact) mass is 424 g/mol. The van der Waals surface area contributed by atoms with Crippen molar-refractivity contribution in [2.75, 3.05) is 7.11 Å². The van der Waals surface area contributed by atoms with Gasteiger partial charge >= 0.3 is 5.97 Å². The smallest absolute Gasteiger partial charge is 0.348 e. The molecular formula is C24H37FO3S. The van der Waals surface area contributed by atoms with Crippen molar-refractivity contribution in [3.63, 3.8) is 0 Å². The first-order valence-corrected chi connectivity index (χ1v) is 11.9. The van der Waals surface area contributed by atoms with Crippen LogP contribution in [0.2, 0.25) is 0 Å². The van der Waals surface area contributed by atoms with Crippen LogP contribution in [-0.2, 0) is 11.2 Å². The summed E-state index contributed by atoms with van der Waals surface area (Å²) in [6.07, 6.45) is 13.4. The topological polar surface area (TPSA) is 46.5 Å². The molecule has 164 valence electrons. The number of aryl methyl sites for hydroxylation is 1. The van der Waals surface area contributed by atoms with Crippen molar-refractivity contribution in [1.82, 2.24) is 0 Å². The summed E-state index contributed by atoms with van der Waals surface area (Å²) < 4.78 is 18.0. The standard InChI is InChI=1S/C15H25FO.C9H12O2S/c1-2-15(10-5-11-15)14(17)9-4-7-12-6-3-8-13(12)16;1-3-4-7-5-6-8(12-7)9(10)11-2/h4,7,12-14,17H,2-3,5-6,8-11H2,1H3;5-6H,3-4H2,1-2H3/b7-4+;. The minimum absolute atomic E-state index is 0.112. The van der Waals surface area contributed by atoms with Gasteiger partial charge in [-0.25, -0.2) is 9.18 Å². The number of rotatable bonds is 8. The van der Waals surface area contributed by atoms with Crippen molar-refractivity contribution in [2.24, 2.45) is 11.3 Å². The molecule has 29 heavy (non-hydrogen) atoms. The minimum Gasteiger partial charge on any atom is -0.465 e. The lowest BCUT2D eigenvalue weighted by molar-refractivity contribution is -0.0355. The van der Waals surface area contributed by atoms with Gasteiger partial charge in [-0.3, -0.25) is 0 Å². The van der Waals surface area contributed by atoms with Crippen LogP contribution >= 0.6 is 11.3 Å². The second-order valence-corrected chi connectivity index (χ2v) is 9.54. The Morgan fingerprint density at radius 1 is 1.34 bits per heavy atom. The van der Waals surface area contributed by atoms with E-state index < -0.39 is 6.17 Å². The summed E-state index contributed by atoms with van der Waals surface area (Å²) in [5, 5.41) is 10.2. The molecule has 1 aromatic heterocycles. The number of hydrogen-bond acceptors (Lipinski definition) is 4. The van der Waals surface area contributed by atoms with Gasteiger partial charge in [0, 0.05) is 10.8 Å². The molecule has 0 aliphatic heterocycles. The predicted molar refractivity (Wildman–Crippen MR) is 118 cm³/mol. The van der Waals surface area contributed by atoms with E-state index in [-0.39, 0.29) is 23.4 Å². The Hall–Kier alpha value is -1.20. The normalized spacial score (nSPS) is 23.9. The second-order valence-electron chi connectivity index (χ2n) is 8.37. The maximum Gasteiger partial charge on any atom is 0.348 e. The van der Waals surface area contributed by atoms with Gasteiger partial charge in [0.25, 0.3) is 0 Å². The number of thiophene rings is 1. The van der Waals surface area contributed by atoms with E-state index in [4.69, 9.17) is 0 Å². The van der Waals surface area contributed by atoms with Crippen LogP contribution in [0.3, 0.4) is 0 Å². The number of hydrogen-bond donors (Lipinski definition) is 1. The lowest BCUT2D eigenvalue weighted by Crippen LogP contribution is -2.40. The molecule has 0 radical (unpaired) electrons. The fourth-order valence-electron chi connectivity index (χ4n) is 4.31. The molecule has 1 aromatic rings. The molecule has 3 rings (SSSR count). The van der Waals surface area contributed by atoms with Gasteiger partial charge in [0.1, 0.15) is 11.0 Å². The Kier molecular flexibility index (Phi) is 9.84. The fourth-order valence-corrected chi connectivity index (χ4v) is 5.34. The van der Waals surface area contributed by atoms with E-state index in [9.17, 15) is 14.3 Å². The van der Waals surface area contributed by atoms with Crippen molar-refractivity contribution < 1.29 is 19.0 Å². The third-order valence-corrected chi connectivity index (χ3v) is 7.65. The second kappa shape index (κ2) is 11.8. The van der Waals surface area contributed by atoms with Gasteiger partial charge in [0.05, 0.1) is 13.2 Å². The number of aliphatic hydroxyl groups is 1. The number of ether oxygens (including phenoxy) is 1. The highest BCUT2D eigenvalue weighted by Crippen LogP contribution is 2.47. The lowest BCUT2D eigenvalue weighted by atomic mass is 9.63. The molecule has 3 unspecified atom stereocenters. The molecule has 0 spiro atoms. The number of carbonyl (C=O) groups is 1. The Morgan fingerprint density at radius 3 is 2.62 bits per heavy atom. The molecule has 0 amide bonds. The number of aliphatic hydroxyl groups excluding tert-OH is 1. The Labute approximate surface area is 179 Å². The van der Waals surface area contributed by atoms with Crippen LogP contribution in [0.25, 0.3) is 0 Å². The summed E-state index contributed by atoms with van der Waals surface area (Å²) in [4.78, 5) is 13.0. The highest BCUT2D eigenvalue weighted by Gasteiger charge is 2.41. The zero-order valence-corrected chi connectivity index (χ0v) is 19.0. The maximum absolute atomic E-state index is 13.4. The zero-order valence-electron chi connectivity index (χ0n) is 18.2.